The quantitative estimate of drug-likeness (QED) is 0.407. The Morgan fingerprint density at radius 2 is 1.75 bits per heavy atom. The fourth-order valence-electron chi connectivity index (χ4n) is 6.04. The van der Waals surface area contributed by atoms with Gasteiger partial charge in [0, 0.05) is 60.8 Å². The molecule has 0 radical (unpaired) electrons. The molecule has 2 amide bonds. The number of benzene rings is 2. The predicted octanol–water partition coefficient (Wildman–Crippen LogP) is 4.91. The third kappa shape index (κ3) is 3.70. The molecule has 184 valence electrons. The Morgan fingerprint density at radius 1 is 1.00 bits per heavy atom. The summed E-state index contributed by atoms with van der Waals surface area (Å²) >= 11 is 0. The summed E-state index contributed by atoms with van der Waals surface area (Å²) in [5, 5.41) is 5.63. The molecule has 1 unspecified atom stereocenters. The number of hydrogen-bond acceptors (Lipinski definition) is 3. The summed E-state index contributed by atoms with van der Waals surface area (Å²) in [4.78, 5) is 31.9. The minimum atomic E-state index is -0.722. The average Bonchev–Trinajstić information content (AvgIpc) is 3.54. The number of aromatic nitrogens is 3. The van der Waals surface area contributed by atoms with Gasteiger partial charge in [-0.1, -0.05) is 55.7 Å². The molecule has 7 nitrogen and oxygen atoms in total. The normalized spacial score (nSPS) is 18.1. The molecule has 2 aliphatic rings. The van der Waals surface area contributed by atoms with Crippen LogP contribution in [0.25, 0.3) is 10.9 Å². The van der Waals surface area contributed by atoms with Crippen LogP contribution >= 0.6 is 0 Å². The minimum absolute atomic E-state index is 0.0278. The van der Waals surface area contributed by atoms with Crippen LogP contribution in [0.4, 0.5) is 11.5 Å². The molecule has 0 N–H and O–H groups in total. The molecule has 1 atom stereocenters. The van der Waals surface area contributed by atoms with Crippen molar-refractivity contribution in [2.24, 2.45) is 14.1 Å². The maximum Gasteiger partial charge on any atom is 0.255 e. The van der Waals surface area contributed by atoms with Gasteiger partial charge in [0.1, 0.15) is 6.04 Å². The first-order valence-corrected chi connectivity index (χ1v) is 12.8. The number of fused-ring (bicyclic) bond motifs is 2. The Hall–Kier alpha value is -3.87. The maximum atomic E-state index is 14.2. The highest BCUT2D eigenvalue weighted by atomic mass is 16.2. The molecule has 1 aliphatic heterocycles. The van der Waals surface area contributed by atoms with Gasteiger partial charge < -0.3 is 9.47 Å². The number of rotatable bonds is 5. The third-order valence-corrected chi connectivity index (χ3v) is 7.70. The summed E-state index contributed by atoms with van der Waals surface area (Å²) in [7, 11) is 3.82. The summed E-state index contributed by atoms with van der Waals surface area (Å²) in [5.41, 5.74) is 3.83. The number of nitrogens with zero attached hydrogens (tertiary/aromatic N) is 5. The summed E-state index contributed by atoms with van der Waals surface area (Å²) < 4.78 is 3.72. The van der Waals surface area contributed by atoms with E-state index in [2.05, 4.69) is 11.2 Å². The molecule has 1 saturated carbocycles. The molecule has 6 rings (SSSR count). The zero-order chi connectivity index (χ0) is 24.8. The van der Waals surface area contributed by atoms with E-state index in [1.54, 1.807) is 9.58 Å². The molecule has 4 aromatic rings. The van der Waals surface area contributed by atoms with E-state index in [0.29, 0.717) is 5.82 Å². The van der Waals surface area contributed by atoms with Crippen molar-refractivity contribution < 1.29 is 9.59 Å². The highest BCUT2D eigenvalue weighted by molar-refractivity contribution is 6.12. The maximum absolute atomic E-state index is 14.2. The molecule has 3 heterocycles. The van der Waals surface area contributed by atoms with Gasteiger partial charge in [-0.25, -0.2) is 0 Å². The zero-order valence-corrected chi connectivity index (χ0v) is 20.8. The molecule has 1 aliphatic carbocycles. The highest BCUT2D eigenvalue weighted by Gasteiger charge is 2.46. The Bertz CT molecular complexity index is 1440. The van der Waals surface area contributed by atoms with Crippen LogP contribution in [0.2, 0.25) is 0 Å². The summed E-state index contributed by atoms with van der Waals surface area (Å²) in [5.74, 6) is 0.338. The van der Waals surface area contributed by atoms with E-state index in [0.717, 1.165) is 53.4 Å². The Kier molecular flexibility index (Phi) is 5.63. The second kappa shape index (κ2) is 8.97. The van der Waals surface area contributed by atoms with E-state index in [1.165, 1.54) is 6.42 Å². The van der Waals surface area contributed by atoms with Crippen LogP contribution in [0.5, 0.6) is 0 Å². The van der Waals surface area contributed by atoms with Crippen LogP contribution < -0.4 is 9.80 Å². The van der Waals surface area contributed by atoms with Gasteiger partial charge in [0.05, 0.1) is 6.42 Å². The van der Waals surface area contributed by atoms with E-state index in [9.17, 15) is 9.59 Å². The molecular formula is C29H31N5O2. The molecule has 0 spiro atoms. The van der Waals surface area contributed by atoms with Crippen LogP contribution in [0.15, 0.2) is 67.0 Å². The van der Waals surface area contributed by atoms with E-state index in [4.69, 9.17) is 0 Å². The van der Waals surface area contributed by atoms with Gasteiger partial charge in [0.2, 0.25) is 5.91 Å². The Labute approximate surface area is 210 Å². The summed E-state index contributed by atoms with van der Waals surface area (Å²) in [6.45, 7) is 0. The second-order valence-corrected chi connectivity index (χ2v) is 10.0. The fraction of sp³-hybridized carbons (Fsp3) is 0.345. The van der Waals surface area contributed by atoms with E-state index in [-0.39, 0.29) is 24.3 Å². The lowest BCUT2D eigenvalue weighted by molar-refractivity contribution is -0.124. The zero-order valence-electron chi connectivity index (χ0n) is 20.8. The largest absolute Gasteiger partial charge is 0.350 e. The van der Waals surface area contributed by atoms with Crippen LogP contribution in [-0.4, -0.2) is 32.2 Å². The average molecular weight is 482 g/mol. The van der Waals surface area contributed by atoms with E-state index in [1.807, 2.05) is 84.5 Å². The van der Waals surface area contributed by atoms with Gasteiger partial charge in [-0.05, 0) is 30.5 Å². The number of aryl methyl sites for hydroxylation is 2. The minimum Gasteiger partial charge on any atom is -0.350 e. The lowest BCUT2D eigenvalue weighted by atomic mass is 9.94. The van der Waals surface area contributed by atoms with Crippen molar-refractivity contribution in [2.75, 3.05) is 9.80 Å². The topological polar surface area (TPSA) is 63.4 Å². The molecule has 36 heavy (non-hydrogen) atoms. The van der Waals surface area contributed by atoms with Gasteiger partial charge in [-0.15, -0.1) is 0 Å². The number of carbonyl (C=O) groups excluding carboxylic acids is 2. The van der Waals surface area contributed by atoms with Crippen LogP contribution in [0.1, 0.15) is 49.3 Å². The Morgan fingerprint density at radius 3 is 2.53 bits per heavy atom. The molecule has 0 saturated heterocycles. The van der Waals surface area contributed by atoms with Gasteiger partial charge in [-0.2, -0.15) is 5.10 Å². The smallest absolute Gasteiger partial charge is 0.255 e. The first-order chi connectivity index (χ1) is 17.5. The summed E-state index contributed by atoms with van der Waals surface area (Å²) in [6, 6.07) is 17.3. The highest BCUT2D eigenvalue weighted by Crippen LogP contribution is 2.44. The number of amides is 2. The van der Waals surface area contributed by atoms with Gasteiger partial charge in [-0.3, -0.25) is 19.2 Å². The number of hydrogen-bond donors (Lipinski definition) is 0. The fourth-order valence-corrected chi connectivity index (χ4v) is 6.04. The molecule has 0 bridgehead atoms. The standard InChI is InChI=1S/C29H31N5O2/c1-31-19-20(22-12-6-8-14-24(22)31)18-27(35)34(26-16-17-32(2)30-26)28-23-13-7-9-15-25(23)33(29(28)36)21-10-4-3-5-11-21/h6-9,12-17,19,21,28H,3-5,10-11,18H2,1-2H3. The van der Waals surface area contributed by atoms with Crippen LogP contribution in [0.3, 0.4) is 0 Å². The Balaban J connectivity index is 1.42. The number of anilines is 2. The first kappa shape index (κ1) is 22.6. The number of carbonyl (C=O) groups is 2. The van der Waals surface area contributed by atoms with E-state index >= 15 is 0 Å². The molecule has 7 heteroatoms. The van der Waals surface area contributed by atoms with Crippen LogP contribution in [0, 0.1) is 0 Å². The van der Waals surface area contributed by atoms with Crippen molar-refractivity contribution >= 4 is 34.2 Å². The molecule has 2 aromatic carbocycles. The SMILES string of the molecule is Cn1ccc(N(C(=O)Cc2cn(C)c3ccccc23)C2C(=O)N(C3CCCCC3)c3ccccc32)n1. The van der Waals surface area contributed by atoms with Gasteiger partial charge in [0.15, 0.2) is 5.82 Å². The lowest BCUT2D eigenvalue weighted by Gasteiger charge is -2.33. The van der Waals surface area contributed by atoms with Gasteiger partial charge in [0.25, 0.3) is 5.91 Å². The molecular weight excluding hydrogens is 450 g/mol. The lowest BCUT2D eigenvalue weighted by Crippen LogP contribution is -2.46. The van der Waals surface area contributed by atoms with Crippen molar-refractivity contribution in [1.29, 1.82) is 0 Å². The van der Waals surface area contributed by atoms with Crippen LogP contribution in [-0.2, 0) is 30.1 Å². The third-order valence-electron chi connectivity index (χ3n) is 7.70. The monoisotopic (exact) mass is 481 g/mol. The number of para-hydroxylation sites is 2. The van der Waals surface area contributed by atoms with Crippen molar-refractivity contribution in [1.82, 2.24) is 14.3 Å². The summed E-state index contributed by atoms with van der Waals surface area (Å²) in [6.07, 6.45) is 9.49. The molecule has 1 fully saturated rings. The van der Waals surface area contributed by atoms with Gasteiger partial charge >= 0.3 is 0 Å². The second-order valence-electron chi connectivity index (χ2n) is 10.0. The van der Waals surface area contributed by atoms with Crippen molar-refractivity contribution in [3.05, 3.63) is 78.1 Å². The predicted molar refractivity (Wildman–Crippen MR) is 141 cm³/mol. The van der Waals surface area contributed by atoms with E-state index < -0.39 is 6.04 Å². The first-order valence-electron chi connectivity index (χ1n) is 12.8. The van der Waals surface area contributed by atoms with Crippen molar-refractivity contribution in [3.63, 3.8) is 0 Å². The van der Waals surface area contributed by atoms with Crippen molar-refractivity contribution in [3.8, 4) is 0 Å². The van der Waals surface area contributed by atoms with Crippen molar-refractivity contribution in [2.45, 2.75) is 50.6 Å². The molecule has 2 aromatic heterocycles.